The van der Waals surface area contributed by atoms with E-state index < -0.39 is 31.1 Å². The summed E-state index contributed by atoms with van der Waals surface area (Å²) in [6.07, 6.45) is -4.47. The van der Waals surface area contributed by atoms with Crippen molar-refractivity contribution < 1.29 is 27.2 Å². The summed E-state index contributed by atoms with van der Waals surface area (Å²) < 4.78 is 40.7. The first-order valence-electron chi connectivity index (χ1n) is 5.73. The third-order valence-electron chi connectivity index (χ3n) is 2.51. The topological polar surface area (TPSA) is 87.5 Å². The first kappa shape index (κ1) is 14.2. The summed E-state index contributed by atoms with van der Waals surface area (Å²) >= 11 is 0. The summed E-state index contributed by atoms with van der Waals surface area (Å²) in [7, 11) is 0. The summed E-state index contributed by atoms with van der Waals surface area (Å²) in [5.74, 6) is -0.788. The first-order valence-corrected chi connectivity index (χ1v) is 5.73. The minimum absolute atomic E-state index is 0.0685. The number of carbonyl (C=O) groups excluding carboxylic acids is 2. The molecule has 2 heterocycles. The van der Waals surface area contributed by atoms with Crippen LogP contribution in [0.3, 0.4) is 0 Å². The third kappa shape index (κ3) is 3.39. The molecule has 2 rings (SSSR count). The van der Waals surface area contributed by atoms with Crippen molar-refractivity contribution in [3.05, 3.63) is 12.0 Å². The molecule has 0 aromatic carbocycles. The Hall–Kier alpha value is -2.26. The number of nitrogens with zero attached hydrogens (tertiary/aromatic N) is 2. The molecule has 1 aromatic rings. The molecule has 7 nitrogen and oxygen atoms in total. The molecule has 0 bridgehead atoms. The SMILES string of the molecule is O=C(NCCC(F)(F)F)c1coc(N2CCNC2=O)n1. The highest BCUT2D eigenvalue weighted by Gasteiger charge is 2.28. The molecule has 0 aliphatic carbocycles. The summed E-state index contributed by atoms with van der Waals surface area (Å²) in [5.41, 5.74) is -0.179. The molecular weight excluding hydrogens is 281 g/mol. The molecule has 1 aliphatic heterocycles. The van der Waals surface area contributed by atoms with Crippen molar-refractivity contribution in [3.63, 3.8) is 0 Å². The van der Waals surface area contributed by atoms with Gasteiger partial charge in [-0.25, -0.2) is 9.69 Å². The van der Waals surface area contributed by atoms with Gasteiger partial charge in [0.25, 0.3) is 5.91 Å². The van der Waals surface area contributed by atoms with Crippen LogP contribution in [-0.4, -0.2) is 42.7 Å². The third-order valence-corrected chi connectivity index (χ3v) is 2.51. The zero-order valence-electron chi connectivity index (χ0n) is 10.2. The number of amides is 3. The first-order chi connectivity index (χ1) is 9.37. The molecule has 2 N–H and O–H groups in total. The van der Waals surface area contributed by atoms with E-state index in [9.17, 15) is 22.8 Å². The summed E-state index contributed by atoms with van der Waals surface area (Å²) in [5, 5.41) is 4.59. The largest absolute Gasteiger partial charge is 0.431 e. The highest BCUT2D eigenvalue weighted by Crippen LogP contribution is 2.18. The maximum Gasteiger partial charge on any atom is 0.390 e. The standard InChI is InChI=1S/C10H11F3N4O3/c11-10(12,13)1-2-14-7(18)6-5-20-9(16-6)17-4-3-15-8(17)19/h5H,1-4H2,(H,14,18)(H,15,19). The fourth-order valence-electron chi connectivity index (χ4n) is 1.55. The molecule has 0 radical (unpaired) electrons. The lowest BCUT2D eigenvalue weighted by Gasteiger charge is -2.07. The van der Waals surface area contributed by atoms with E-state index in [4.69, 9.17) is 4.42 Å². The van der Waals surface area contributed by atoms with Crippen molar-refractivity contribution in [3.8, 4) is 0 Å². The Morgan fingerprint density at radius 3 is 2.90 bits per heavy atom. The van der Waals surface area contributed by atoms with Crippen LogP contribution in [0.15, 0.2) is 10.7 Å². The van der Waals surface area contributed by atoms with Crippen molar-refractivity contribution >= 4 is 18.0 Å². The second-order valence-corrected chi connectivity index (χ2v) is 4.02. The van der Waals surface area contributed by atoms with Crippen molar-refractivity contribution in [2.45, 2.75) is 12.6 Å². The molecule has 10 heteroatoms. The zero-order valence-corrected chi connectivity index (χ0v) is 10.2. The van der Waals surface area contributed by atoms with E-state index >= 15 is 0 Å². The van der Waals surface area contributed by atoms with Crippen molar-refractivity contribution in [2.75, 3.05) is 24.5 Å². The minimum Gasteiger partial charge on any atom is -0.431 e. The van der Waals surface area contributed by atoms with Crippen LogP contribution in [0.25, 0.3) is 0 Å². The minimum atomic E-state index is -4.34. The Morgan fingerprint density at radius 2 is 2.30 bits per heavy atom. The van der Waals surface area contributed by atoms with Gasteiger partial charge in [0.15, 0.2) is 5.69 Å². The van der Waals surface area contributed by atoms with Gasteiger partial charge < -0.3 is 15.1 Å². The predicted molar refractivity (Wildman–Crippen MR) is 60.3 cm³/mol. The number of hydrogen-bond acceptors (Lipinski definition) is 4. The molecule has 1 saturated heterocycles. The van der Waals surface area contributed by atoms with Gasteiger partial charge in [-0.15, -0.1) is 0 Å². The van der Waals surface area contributed by atoms with Gasteiger partial charge in [-0.05, 0) is 0 Å². The molecule has 1 fully saturated rings. The lowest BCUT2D eigenvalue weighted by molar-refractivity contribution is -0.132. The van der Waals surface area contributed by atoms with Crippen LogP contribution in [0.5, 0.6) is 0 Å². The smallest absolute Gasteiger partial charge is 0.390 e. The van der Waals surface area contributed by atoms with Crippen molar-refractivity contribution in [1.29, 1.82) is 0 Å². The van der Waals surface area contributed by atoms with Gasteiger partial charge in [-0.2, -0.15) is 18.2 Å². The number of hydrogen-bond donors (Lipinski definition) is 2. The van der Waals surface area contributed by atoms with Crippen molar-refractivity contribution in [1.82, 2.24) is 15.6 Å². The van der Waals surface area contributed by atoms with Crippen molar-refractivity contribution in [2.24, 2.45) is 0 Å². The Morgan fingerprint density at radius 1 is 1.55 bits per heavy atom. The Bertz CT molecular complexity index is 514. The fraction of sp³-hybridized carbons (Fsp3) is 0.500. The molecule has 0 unspecified atom stereocenters. The number of anilines is 1. The van der Waals surface area contributed by atoms with Crippen LogP contribution in [0, 0.1) is 0 Å². The highest BCUT2D eigenvalue weighted by atomic mass is 19.4. The number of nitrogens with one attached hydrogen (secondary N) is 2. The maximum atomic E-state index is 11.9. The molecule has 1 aromatic heterocycles. The number of halogens is 3. The average Bonchev–Trinajstić information content (AvgIpc) is 2.95. The molecular formula is C10H11F3N4O3. The van der Waals surface area contributed by atoms with Crippen LogP contribution in [-0.2, 0) is 0 Å². The van der Waals surface area contributed by atoms with E-state index in [0.717, 1.165) is 6.26 Å². The predicted octanol–water partition coefficient (Wildman–Crippen LogP) is 0.886. The Balaban J connectivity index is 1.91. The quantitative estimate of drug-likeness (QED) is 0.862. The number of alkyl halides is 3. The molecule has 20 heavy (non-hydrogen) atoms. The molecule has 3 amide bonds. The summed E-state index contributed by atoms with van der Waals surface area (Å²) in [6, 6.07) is -0.475. The van der Waals surface area contributed by atoms with E-state index in [1.165, 1.54) is 4.90 Å². The van der Waals surface area contributed by atoms with Gasteiger partial charge in [-0.1, -0.05) is 0 Å². The molecule has 0 saturated carbocycles. The lowest BCUT2D eigenvalue weighted by Crippen LogP contribution is -2.29. The van der Waals surface area contributed by atoms with E-state index in [0.29, 0.717) is 13.1 Å². The Kier molecular flexibility index (Phi) is 3.81. The van der Waals surface area contributed by atoms with Gasteiger partial charge in [-0.3, -0.25) is 4.79 Å². The van der Waals surface area contributed by atoms with E-state index in [2.05, 4.69) is 15.6 Å². The number of aromatic nitrogens is 1. The Labute approximate surface area is 111 Å². The highest BCUT2D eigenvalue weighted by molar-refractivity contribution is 5.94. The second-order valence-electron chi connectivity index (χ2n) is 4.02. The van der Waals surface area contributed by atoms with E-state index in [1.54, 1.807) is 0 Å². The normalized spacial score (nSPS) is 15.3. The second kappa shape index (κ2) is 5.39. The maximum absolute atomic E-state index is 11.9. The van der Waals surface area contributed by atoms with Gasteiger partial charge in [0.1, 0.15) is 6.26 Å². The number of carbonyl (C=O) groups is 2. The number of rotatable bonds is 4. The van der Waals surface area contributed by atoms with E-state index in [-0.39, 0.29) is 11.7 Å². The summed E-state index contributed by atoms with van der Waals surface area (Å²) in [6.45, 7) is 0.220. The average molecular weight is 292 g/mol. The molecule has 0 spiro atoms. The van der Waals surface area contributed by atoms with Gasteiger partial charge in [0.2, 0.25) is 0 Å². The number of urea groups is 1. The van der Waals surface area contributed by atoms with E-state index in [1.807, 2.05) is 0 Å². The van der Waals surface area contributed by atoms with Gasteiger partial charge in [0.05, 0.1) is 6.42 Å². The lowest BCUT2D eigenvalue weighted by atomic mass is 10.4. The van der Waals surface area contributed by atoms with Crippen LogP contribution in [0.2, 0.25) is 0 Å². The number of oxazole rings is 1. The van der Waals surface area contributed by atoms with Gasteiger partial charge in [0, 0.05) is 19.6 Å². The van der Waals surface area contributed by atoms with Crippen LogP contribution >= 0.6 is 0 Å². The zero-order chi connectivity index (χ0) is 14.8. The molecule has 0 atom stereocenters. The molecule has 110 valence electrons. The summed E-state index contributed by atoms with van der Waals surface area (Å²) in [4.78, 5) is 27.8. The van der Waals surface area contributed by atoms with Crippen LogP contribution in [0.1, 0.15) is 16.9 Å². The van der Waals surface area contributed by atoms with Crippen LogP contribution < -0.4 is 15.5 Å². The molecule has 1 aliphatic rings. The van der Waals surface area contributed by atoms with Gasteiger partial charge >= 0.3 is 18.2 Å². The van der Waals surface area contributed by atoms with Crippen LogP contribution in [0.4, 0.5) is 24.0 Å². The monoisotopic (exact) mass is 292 g/mol. The fourth-order valence-corrected chi connectivity index (χ4v) is 1.55.